The van der Waals surface area contributed by atoms with Crippen LogP contribution in [0.4, 0.5) is 22.0 Å². The smallest absolute Gasteiger partial charge is 0.475 e. The third-order valence-electron chi connectivity index (χ3n) is 5.92. The molecule has 2 N–H and O–H groups in total. The number of carbonyl (C=O) groups excluding carboxylic acids is 1. The van der Waals surface area contributed by atoms with Gasteiger partial charge in [0.25, 0.3) is 0 Å². The molecule has 1 aliphatic rings. The number of halogens is 5. The van der Waals surface area contributed by atoms with Gasteiger partial charge in [-0.1, -0.05) is 36.4 Å². The van der Waals surface area contributed by atoms with E-state index in [1.54, 1.807) is 6.33 Å². The number of aliphatic carboxylic acids is 1. The van der Waals surface area contributed by atoms with Crippen LogP contribution in [-0.4, -0.2) is 44.2 Å². The number of nitrogens with one attached hydrogen (secondary N) is 1. The molecule has 0 bridgehead atoms. The summed E-state index contributed by atoms with van der Waals surface area (Å²) in [6, 6.07) is 13.0. The number of hydrogen-bond acceptors (Lipinski definition) is 4. The first kappa shape index (κ1) is 28.8. The molecule has 2 heterocycles. The highest BCUT2D eigenvalue weighted by Gasteiger charge is 2.38. The molecule has 0 saturated heterocycles. The van der Waals surface area contributed by atoms with Crippen molar-refractivity contribution in [2.24, 2.45) is 0 Å². The van der Waals surface area contributed by atoms with E-state index in [-0.39, 0.29) is 24.1 Å². The van der Waals surface area contributed by atoms with Crippen LogP contribution in [0.1, 0.15) is 48.4 Å². The van der Waals surface area contributed by atoms with Gasteiger partial charge in [-0.25, -0.2) is 18.6 Å². The zero-order valence-corrected chi connectivity index (χ0v) is 20.7. The van der Waals surface area contributed by atoms with Crippen molar-refractivity contribution in [2.45, 2.75) is 51.6 Å². The molecule has 0 saturated carbocycles. The first-order valence-corrected chi connectivity index (χ1v) is 11.7. The van der Waals surface area contributed by atoms with Gasteiger partial charge >= 0.3 is 12.1 Å². The molecule has 7 nitrogen and oxygen atoms in total. The second kappa shape index (κ2) is 12.2. The number of imidazole rings is 1. The van der Waals surface area contributed by atoms with Crippen LogP contribution in [-0.2, 0) is 29.1 Å². The van der Waals surface area contributed by atoms with Gasteiger partial charge in [0, 0.05) is 43.7 Å². The van der Waals surface area contributed by atoms with Gasteiger partial charge in [-0.2, -0.15) is 13.2 Å². The summed E-state index contributed by atoms with van der Waals surface area (Å²) in [6.07, 6.45) is -2.53. The minimum Gasteiger partial charge on any atom is -0.475 e. The van der Waals surface area contributed by atoms with Crippen LogP contribution in [0.2, 0.25) is 0 Å². The zero-order valence-electron chi connectivity index (χ0n) is 20.7. The predicted octanol–water partition coefficient (Wildman–Crippen LogP) is 4.79. The lowest BCUT2D eigenvalue weighted by molar-refractivity contribution is -0.192. The summed E-state index contributed by atoms with van der Waals surface area (Å²) in [4.78, 5) is 29.0. The summed E-state index contributed by atoms with van der Waals surface area (Å²) in [6.45, 7) is 5.42. The quantitative estimate of drug-likeness (QED) is 0.441. The van der Waals surface area contributed by atoms with Gasteiger partial charge in [0.15, 0.2) is 0 Å². The molecule has 3 aromatic rings. The van der Waals surface area contributed by atoms with Gasteiger partial charge in [-0.3, -0.25) is 9.69 Å². The molecule has 2 aromatic carbocycles. The fraction of sp³-hybridized carbons (Fsp3) is 0.346. The number of carbonyl (C=O) groups is 2. The molecule has 0 fully saturated rings. The summed E-state index contributed by atoms with van der Waals surface area (Å²) in [5.74, 6) is -4.28. The Morgan fingerprint density at radius 2 is 1.79 bits per heavy atom. The third kappa shape index (κ3) is 7.15. The Bertz CT molecular complexity index is 1260. The number of amides is 1. The number of aromatic nitrogens is 2. The van der Waals surface area contributed by atoms with Crippen molar-refractivity contribution in [3.05, 3.63) is 89.0 Å². The van der Waals surface area contributed by atoms with Crippen molar-refractivity contribution in [1.29, 1.82) is 0 Å². The highest BCUT2D eigenvalue weighted by molar-refractivity contribution is 5.83. The van der Waals surface area contributed by atoms with E-state index < -0.39 is 29.8 Å². The topological polar surface area (TPSA) is 87.5 Å². The van der Waals surface area contributed by atoms with E-state index in [0.717, 1.165) is 29.4 Å². The van der Waals surface area contributed by atoms with E-state index in [0.29, 0.717) is 13.1 Å². The molecule has 204 valence electrons. The standard InChI is InChI=1S/C24H26F2N4O.C2HF3O2/c1-16(2)30-15-28-21-10-11-29(14-17-6-4-3-5-7-17)23(22(21)30)24(31)27-13-18-8-9-19(25)12-20(18)26;3-2(4,5)1(6)7/h3-9,12,15-16,23H,10-11,13-14H2,1-2H3,(H,27,31);(H,6,7). The Balaban J connectivity index is 0.000000505. The highest BCUT2D eigenvalue weighted by Crippen LogP contribution is 2.32. The Hall–Kier alpha value is -3.80. The number of nitrogens with zero attached hydrogens (tertiary/aromatic N) is 3. The average Bonchev–Trinajstić information content (AvgIpc) is 3.28. The van der Waals surface area contributed by atoms with Crippen molar-refractivity contribution >= 4 is 11.9 Å². The second-order valence-corrected chi connectivity index (χ2v) is 8.94. The summed E-state index contributed by atoms with van der Waals surface area (Å²) in [5, 5.41) is 9.98. The molecule has 1 atom stereocenters. The second-order valence-electron chi connectivity index (χ2n) is 8.94. The average molecular weight is 539 g/mol. The molecule has 1 unspecified atom stereocenters. The van der Waals surface area contributed by atoms with Crippen LogP contribution in [0.15, 0.2) is 54.9 Å². The van der Waals surface area contributed by atoms with Gasteiger partial charge in [-0.15, -0.1) is 0 Å². The SMILES string of the molecule is CC(C)n1cnc2c1C(C(=O)NCc1ccc(F)cc1F)N(Cc1ccccc1)CC2.O=C(O)C(F)(F)F. The number of fused-ring (bicyclic) bond motifs is 1. The molecule has 38 heavy (non-hydrogen) atoms. The summed E-state index contributed by atoms with van der Waals surface area (Å²) >= 11 is 0. The molecule has 1 aliphatic heterocycles. The van der Waals surface area contributed by atoms with Gasteiger partial charge < -0.3 is 15.0 Å². The fourth-order valence-electron chi connectivity index (χ4n) is 4.09. The van der Waals surface area contributed by atoms with Crippen molar-refractivity contribution in [3.63, 3.8) is 0 Å². The third-order valence-corrected chi connectivity index (χ3v) is 5.92. The Morgan fingerprint density at radius 3 is 2.37 bits per heavy atom. The molecule has 0 radical (unpaired) electrons. The predicted molar refractivity (Wildman–Crippen MR) is 128 cm³/mol. The molecule has 12 heteroatoms. The van der Waals surface area contributed by atoms with Crippen molar-refractivity contribution in [2.75, 3.05) is 6.54 Å². The van der Waals surface area contributed by atoms with Crippen LogP contribution < -0.4 is 5.32 Å². The summed E-state index contributed by atoms with van der Waals surface area (Å²) in [7, 11) is 0. The molecule has 4 rings (SSSR count). The lowest BCUT2D eigenvalue weighted by Gasteiger charge is -2.36. The maximum atomic E-state index is 14.1. The monoisotopic (exact) mass is 538 g/mol. The van der Waals surface area contributed by atoms with Crippen molar-refractivity contribution in [3.8, 4) is 0 Å². The first-order valence-electron chi connectivity index (χ1n) is 11.7. The minimum absolute atomic E-state index is 0.00816. The Kier molecular flexibility index (Phi) is 9.21. The number of benzene rings is 2. The molecule has 0 aliphatic carbocycles. The van der Waals surface area contributed by atoms with E-state index >= 15 is 0 Å². The van der Waals surface area contributed by atoms with E-state index in [1.165, 1.54) is 12.1 Å². The van der Waals surface area contributed by atoms with E-state index in [9.17, 15) is 26.7 Å². The van der Waals surface area contributed by atoms with Gasteiger partial charge in [0.1, 0.15) is 17.7 Å². The van der Waals surface area contributed by atoms with Crippen molar-refractivity contribution < 1.29 is 36.6 Å². The number of rotatable bonds is 6. The number of hydrogen-bond donors (Lipinski definition) is 2. The maximum Gasteiger partial charge on any atom is 0.490 e. The molecular weight excluding hydrogens is 511 g/mol. The Labute approximate surface area is 215 Å². The van der Waals surface area contributed by atoms with E-state index in [2.05, 4.69) is 29.0 Å². The number of alkyl halides is 3. The molecule has 1 amide bonds. The van der Waals surface area contributed by atoms with Crippen LogP contribution in [0.3, 0.4) is 0 Å². The first-order chi connectivity index (χ1) is 17.9. The largest absolute Gasteiger partial charge is 0.490 e. The minimum atomic E-state index is -5.08. The van der Waals surface area contributed by atoms with Crippen LogP contribution in [0.5, 0.6) is 0 Å². The van der Waals surface area contributed by atoms with Crippen LogP contribution in [0.25, 0.3) is 0 Å². The molecule has 0 spiro atoms. The van der Waals surface area contributed by atoms with Crippen molar-refractivity contribution in [1.82, 2.24) is 19.8 Å². The lowest BCUT2D eigenvalue weighted by Crippen LogP contribution is -2.45. The van der Waals surface area contributed by atoms with Crippen LogP contribution >= 0.6 is 0 Å². The normalized spacial score (nSPS) is 15.4. The van der Waals surface area contributed by atoms with E-state index in [1.807, 2.05) is 34.9 Å². The van der Waals surface area contributed by atoms with E-state index in [4.69, 9.17) is 9.90 Å². The Morgan fingerprint density at radius 1 is 1.13 bits per heavy atom. The number of carboxylic acids is 1. The summed E-state index contributed by atoms with van der Waals surface area (Å²) in [5.41, 5.74) is 3.17. The molecule has 1 aromatic heterocycles. The van der Waals surface area contributed by atoms with Gasteiger partial charge in [0.05, 0.1) is 17.7 Å². The maximum absolute atomic E-state index is 14.1. The highest BCUT2D eigenvalue weighted by atomic mass is 19.4. The van der Waals surface area contributed by atoms with Gasteiger partial charge in [0.2, 0.25) is 5.91 Å². The fourth-order valence-corrected chi connectivity index (χ4v) is 4.09. The lowest BCUT2D eigenvalue weighted by atomic mass is 9.99. The summed E-state index contributed by atoms with van der Waals surface area (Å²) < 4.78 is 61.0. The zero-order chi connectivity index (χ0) is 28.0. The van der Waals surface area contributed by atoms with Crippen LogP contribution in [0, 0.1) is 11.6 Å². The van der Waals surface area contributed by atoms with Gasteiger partial charge in [-0.05, 0) is 25.5 Å². The number of carboxylic acid groups (broad SMARTS) is 1. The molecular formula is C26H27F5N4O3.